The lowest BCUT2D eigenvalue weighted by molar-refractivity contribution is -0.355. The zero-order valence-electron chi connectivity index (χ0n) is 11.5. The maximum absolute atomic E-state index is 13.1. The molecule has 1 aromatic carbocycles. The van der Waals surface area contributed by atoms with Crippen molar-refractivity contribution < 1.29 is 27.5 Å². The Hall–Kier alpha value is -2.48. The molecule has 1 unspecified atom stereocenters. The maximum atomic E-state index is 13.1. The van der Waals surface area contributed by atoms with Gasteiger partial charge in [0.15, 0.2) is 0 Å². The lowest BCUT2D eigenvalue weighted by Crippen LogP contribution is -2.45. The van der Waals surface area contributed by atoms with Gasteiger partial charge in [-0.15, -0.1) is 0 Å². The van der Waals surface area contributed by atoms with Crippen molar-refractivity contribution in [1.82, 2.24) is 4.98 Å². The number of pyridine rings is 1. The largest absolute Gasteiger partial charge is 0.458 e. The molecule has 0 radical (unpaired) electrons. The lowest BCUT2D eigenvalue weighted by Gasteiger charge is -2.22. The third-order valence-electron chi connectivity index (χ3n) is 3.43. The number of nitrogens with zero attached hydrogens (tertiary/aromatic N) is 2. The Kier molecular flexibility index (Phi) is 3.56. The normalized spacial score (nSPS) is 21.0. The first-order chi connectivity index (χ1) is 10.8. The molecule has 0 amide bonds. The van der Waals surface area contributed by atoms with Crippen LogP contribution in [0.1, 0.15) is 12.0 Å². The molecule has 4 nitrogen and oxygen atoms in total. The van der Waals surface area contributed by atoms with Crippen molar-refractivity contribution in [3.63, 3.8) is 0 Å². The third kappa shape index (κ3) is 2.89. The number of aromatic nitrogens is 1. The van der Waals surface area contributed by atoms with Crippen LogP contribution in [0.15, 0.2) is 47.8 Å². The summed E-state index contributed by atoms with van der Waals surface area (Å²) in [6.07, 6.45) is -4.41. The van der Waals surface area contributed by atoms with Crippen molar-refractivity contribution in [2.45, 2.75) is 18.4 Å². The van der Waals surface area contributed by atoms with Crippen molar-refractivity contribution in [2.75, 3.05) is 0 Å². The van der Waals surface area contributed by atoms with Crippen LogP contribution >= 0.6 is 0 Å². The number of halogens is 4. The molecule has 0 spiro atoms. The van der Waals surface area contributed by atoms with E-state index >= 15 is 0 Å². The predicted octanol–water partition coefficient (Wildman–Crippen LogP) is 3.26. The lowest BCUT2D eigenvalue weighted by atomic mass is 9.99. The molecular formula is C15H10F4N2O2. The summed E-state index contributed by atoms with van der Waals surface area (Å²) >= 11 is 0. The van der Waals surface area contributed by atoms with E-state index in [0.29, 0.717) is 16.7 Å². The Bertz CT molecular complexity index is 759. The fourth-order valence-electron chi connectivity index (χ4n) is 2.17. The van der Waals surface area contributed by atoms with E-state index in [1.165, 1.54) is 24.4 Å². The summed E-state index contributed by atoms with van der Waals surface area (Å²) in [5.74, 6) is -3.93. The fraction of sp³-hybridized carbons (Fsp3) is 0.200. The van der Waals surface area contributed by atoms with Crippen molar-refractivity contribution >= 4 is 5.71 Å². The number of hydrogen-bond donors (Lipinski definition) is 1. The van der Waals surface area contributed by atoms with Gasteiger partial charge in [-0.3, -0.25) is 0 Å². The first-order valence-electron chi connectivity index (χ1n) is 6.55. The van der Waals surface area contributed by atoms with Gasteiger partial charge in [-0.05, 0) is 22.8 Å². The number of alkyl halides is 3. The summed E-state index contributed by atoms with van der Waals surface area (Å²) in [4.78, 5) is 7.61. The van der Waals surface area contributed by atoms with E-state index in [9.17, 15) is 22.7 Å². The average molecular weight is 326 g/mol. The van der Waals surface area contributed by atoms with Crippen molar-refractivity contribution in [2.24, 2.45) is 5.16 Å². The molecule has 0 aliphatic carbocycles. The van der Waals surface area contributed by atoms with E-state index < -0.39 is 24.3 Å². The number of benzene rings is 1. The minimum atomic E-state index is -4.94. The van der Waals surface area contributed by atoms with Crippen LogP contribution in [0.2, 0.25) is 0 Å². The molecule has 8 heteroatoms. The van der Waals surface area contributed by atoms with Gasteiger partial charge < -0.3 is 9.94 Å². The Morgan fingerprint density at radius 1 is 1.04 bits per heavy atom. The molecule has 0 fully saturated rings. The van der Waals surface area contributed by atoms with E-state index in [2.05, 4.69) is 15.0 Å². The van der Waals surface area contributed by atoms with Gasteiger partial charge in [0.1, 0.15) is 0 Å². The standard InChI is InChI=1S/C15H10F4N2O2/c16-13-7-11(5-6-20-13)9-1-3-10(4-2-9)12-8-14(22,23-21-12)15(17,18)19/h1-7,22H,8H2. The molecule has 0 bridgehead atoms. The van der Waals surface area contributed by atoms with Crippen LogP contribution in [0.4, 0.5) is 17.6 Å². The predicted molar refractivity (Wildman–Crippen MR) is 72.9 cm³/mol. The fourth-order valence-corrected chi connectivity index (χ4v) is 2.17. The van der Waals surface area contributed by atoms with Gasteiger partial charge in [0.25, 0.3) is 0 Å². The third-order valence-corrected chi connectivity index (χ3v) is 3.43. The molecule has 1 aliphatic heterocycles. The maximum Gasteiger partial charge on any atom is 0.458 e. The Morgan fingerprint density at radius 3 is 2.26 bits per heavy atom. The van der Waals surface area contributed by atoms with E-state index in [-0.39, 0.29) is 5.71 Å². The van der Waals surface area contributed by atoms with Crippen molar-refractivity contribution in [3.8, 4) is 11.1 Å². The van der Waals surface area contributed by atoms with Crippen LogP contribution in [-0.4, -0.2) is 27.8 Å². The zero-order chi connectivity index (χ0) is 16.7. The van der Waals surface area contributed by atoms with Crippen LogP contribution in [0.25, 0.3) is 11.1 Å². The van der Waals surface area contributed by atoms with Crippen LogP contribution in [-0.2, 0) is 4.84 Å². The molecule has 1 atom stereocenters. The highest BCUT2D eigenvalue weighted by Crippen LogP contribution is 2.39. The summed E-state index contributed by atoms with van der Waals surface area (Å²) in [5.41, 5.74) is 1.61. The number of oxime groups is 1. The van der Waals surface area contributed by atoms with Crippen LogP contribution in [0.3, 0.4) is 0 Å². The smallest absolute Gasteiger partial charge is 0.350 e. The SMILES string of the molecule is OC1(C(F)(F)F)CC(c2ccc(-c3ccnc(F)c3)cc2)=NO1. The highest BCUT2D eigenvalue weighted by molar-refractivity contribution is 6.01. The van der Waals surface area contributed by atoms with Crippen LogP contribution in [0, 0.1) is 5.95 Å². The number of aliphatic hydroxyl groups is 1. The van der Waals surface area contributed by atoms with Gasteiger partial charge in [0, 0.05) is 12.3 Å². The minimum absolute atomic E-state index is 0.0164. The quantitative estimate of drug-likeness (QED) is 0.681. The van der Waals surface area contributed by atoms with Crippen molar-refractivity contribution in [3.05, 3.63) is 54.1 Å². The summed E-state index contributed by atoms with van der Waals surface area (Å²) < 4.78 is 51.1. The van der Waals surface area contributed by atoms with E-state index in [1.54, 1.807) is 18.2 Å². The highest BCUT2D eigenvalue weighted by atomic mass is 19.4. The number of hydrogen-bond acceptors (Lipinski definition) is 4. The van der Waals surface area contributed by atoms with E-state index in [1.807, 2.05) is 0 Å². The topological polar surface area (TPSA) is 54.7 Å². The first kappa shape index (κ1) is 15.4. The molecule has 1 aliphatic rings. The minimum Gasteiger partial charge on any atom is -0.350 e. The van der Waals surface area contributed by atoms with Crippen LogP contribution < -0.4 is 0 Å². The monoisotopic (exact) mass is 326 g/mol. The highest BCUT2D eigenvalue weighted by Gasteiger charge is 2.60. The van der Waals surface area contributed by atoms with Gasteiger partial charge in [0.2, 0.25) is 5.95 Å². The summed E-state index contributed by atoms with van der Waals surface area (Å²) in [6, 6.07) is 9.12. The van der Waals surface area contributed by atoms with Gasteiger partial charge >= 0.3 is 12.0 Å². The van der Waals surface area contributed by atoms with Gasteiger partial charge in [-0.2, -0.15) is 17.6 Å². The molecule has 1 N–H and O–H groups in total. The Balaban J connectivity index is 1.82. The van der Waals surface area contributed by atoms with Crippen molar-refractivity contribution in [1.29, 1.82) is 0 Å². The molecule has 1 aromatic heterocycles. The molecule has 0 saturated heterocycles. The second-order valence-electron chi connectivity index (χ2n) is 5.03. The number of rotatable bonds is 2. The summed E-state index contributed by atoms with van der Waals surface area (Å²) in [7, 11) is 0. The van der Waals surface area contributed by atoms with E-state index in [0.717, 1.165) is 0 Å². The Labute approximate surface area is 128 Å². The second-order valence-corrected chi connectivity index (χ2v) is 5.03. The Morgan fingerprint density at radius 2 is 1.70 bits per heavy atom. The summed E-state index contributed by atoms with van der Waals surface area (Å²) in [5, 5.41) is 12.7. The molecule has 0 saturated carbocycles. The molecule has 120 valence electrons. The second kappa shape index (κ2) is 5.31. The molecule has 2 heterocycles. The van der Waals surface area contributed by atoms with Gasteiger partial charge in [-0.25, -0.2) is 4.98 Å². The average Bonchev–Trinajstić information content (AvgIpc) is 2.91. The first-order valence-corrected chi connectivity index (χ1v) is 6.55. The van der Waals surface area contributed by atoms with Gasteiger partial charge in [-0.1, -0.05) is 29.4 Å². The van der Waals surface area contributed by atoms with E-state index in [4.69, 9.17) is 0 Å². The molecular weight excluding hydrogens is 316 g/mol. The van der Waals surface area contributed by atoms with Crippen LogP contribution in [0.5, 0.6) is 0 Å². The van der Waals surface area contributed by atoms with Gasteiger partial charge in [0.05, 0.1) is 12.1 Å². The summed E-state index contributed by atoms with van der Waals surface area (Å²) in [6.45, 7) is 0. The molecule has 23 heavy (non-hydrogen) atoms. The molecule has 3 rings (SSSR count). The molecule has 2 aromatic rings. The zero-order valence-corrected chi connectivity index (χ0v) is 11.5.